The van der Waals surface area contributed by atoms with E-state index in [0.717, 1.165) is 0 Å². The zero-order valence-corrected chi connectivity index (χ0v) is 12.3. The maximum atomic E-state index is 3.72. The molecule has 4 heteroatoms. The molecule has 0 radical (unpaired) electrons. The van der Waals surface area contributed by atoms with E-state index in [1.54, 1.807) is 11.3 Å². The molecule has 0 spiro atoms. The highest BCUT2D eigenvalue weighted by Crippen LogP contribution is 2.39. The Morgan fingerprint density at radius 2 is 1.71 bits per heavy atom. The van der Waals surface area contributed by atoms with E-state index in [4.69, 9.17) is 0 Å². The molecule has 0 aromatic carbocycles. The fourth-order valence-corrected chi connectivity index (χ4v) is 4.43. The van der Waals surface area contributed by atoms with Crippen molar-refractivity contribution in [1.29, 1.82) is 0 Å². The highest BCUT2D eigenvalue weighted by molar-refractivity contribution is 9.11. The van der Waals surface area contributed by atoms with Crippen molar-refractivity contribution in [2.24, 2.45) is 0 Å². The molecular formula is C10H8Br2S2. The summed E-state index contributed by atoms with van der Waals surface area (Å²) in [6.07, 6.45) is 0. The van der Waals surface area contributed by atoms with E-state index < -0.39 is 0 Å². The topological polar surface area (TPSA) is 0 Å². The second-order valence-corrected chi connectivity index (χ2v) is 7.68. The molecule has 1 atom stereocenters. The number of hydrogen-bond donors (Lipinski definition) is 0. The number of alkyl halides is 1. The Morgan fingerprint density at radius 3 is 2.21 bits per heavy atom. The van der Waals surface area contributed by atoms with Crippen LogP contribution in [0.5, 0.6) is 0 Å². The monoisotopic (exact) mass is 350 g/mol. The van der Waals surface area contributed by atoms with Gasteiger partial charge in [0.05, 0.1) is 8.61 Å². The van der Waals surface area contributed by atoms with E-state index in [1.807, 2.05) is 11.3 Å². The average Bonchev–Trinajstić information content (AvgIpc) is 2.73. The minimum atomic E-state index is 0.345. The van der Waals surface area contributed by atoms with Gasteiger partial charge in [0.1, 0.15) is 0 Å². The lowest BCUT2D eigenvalue weighted by Crippen LogP contribution is -1.83. The predicted molar refractivity (Wildman–Crippen MR) is 71.8 cm³/mol. The van der Waals surface area contributed by atoms with Gasteiger partial charge in [0.25, 0.3) is 0 Å². The maximum absolute atomic E-state index is 3.72. The molecule has 0 aliphatic carbocycles. The number of aryl methyl sites for hydroxylation is 1. The number of thiophene rings is 2. The molecule has 0 aliphatic heterocycles. The molecule has 74 valence electrons. The first kappa shape index (κ1) is 10.9. The van der Waals surface area contributed by atoms with E-state index in [-0.39, 0.29) is 0 Å². The molecule has 1 unspecified atom stereocenters. The summed E-state index contributed by atoms with van der Waals surface area (Å²) < 4.78 is 1.19. The summed E-state index contributed by atoms with van der Waals surface area (Å²) >= 11 is 10.8. The minimum absolute atomic E-state index is 0.345. The Morgan fingerprint density at radius 1 is 1.07 bits per heavy atom. The van der Waals surface area contributed by atoms with Crippen LogP contribution in [0.4, 0.5) is 0 Å². The van der Waals surface area contributed by atoms with Crippen molar-refractivity contribution in [3.8, 4) is 0 Å². The maximum Gasteiger partial charge on any atom is 0.0831 e. The fourth-order valence-electron chi connectivity index (χ4n) is 1.19. The largest absolute Gasteiger partial charge is 0.144 e. The van der Waals surface area contributed by atoms with Gasteiger partial charge >= 0.3 is 0 Å². The molecular weight excluding hydrogens is 344 g/mol. The lowest BCUT2D eigenvalue weighted by molar-refractivity contribution is 1.29. The first-order valence-corrected chi connectivity index (χ1v) is 7.46. The molecule has 2 aromatic rings. The normalized spacial score (nSPS) is 13.1. The second kappa shape index (κ2) is 4.47. The first-order valence-electron chi connectivity index (χ1n) is 4.12. The number of rotatable bonds is 2. The van der Waals surface area contributed by atoms with Gasteiger partial charge in [-0.05, 0) is 47.1 Å². The van der Waals surface area contributed by atoms with Crippen LogP contribution < -0.4 is 0 Å². The summed E-state index contributed by atoms with van der Waals surface area (Å²) in [7, 11) is 0. The third kappa shape index (κ3) is 2.30. The Kier molecular flexibility index (Phi) is 3.47. The molecule has 0 bridgehead atoms. The van der Waals surface area contributed by atoms with Crippen molar-refractivity contribution in [2.75, 3.05) is 0 Å². The van der Waals surface area contributed by atoms with E-state index in [9.17, 15) is 0 Å². The standard InChI is InChI=1S/C10H8Br2S2/c1-6-2-3-7(13-6)10(12)8-4-5-9(11)14-8/h2-5,10H,1H3. The van der Waals surface area contributed by atoms with Crippen molar-refractivity contribution in [3.05, 3.63) is 42.7 Å². The van der Waals surface area contributed by atoms with Crippen LogP contribution >= 0.6 is 54.5 Å². The fraction of sp³-hybridized carbons (Fsp3) is 0.200. The predicted octanol–water partition coefficient (Wildman–Crippen LogP) is 5.36. The second-order valence-electron chi connectivity index (χ2n) is 2.95. The van der Waals surface area contributed by atoms with Gasteiger partial charge in [-0.25, -0.2) is 0 Å². The molecule has 0 saturated carbocycles. The van der Waals surface area contributed by atoms with Crippen molar-refractivity contribution < 1.29 is 0 Å². The van der Waals surface area contributed by atoms with Gasteiger partial charge in [0, 0.05) is 14.6 Å². The molecule has 0 aliphatic rings. The van der Waals surface area contributed by atoms with Gasteiger partial charge in [-0.3, -0.25) is 0 Å². The molecule has 2 aromatic heterocycles. The summed E-state index contributed by atoms with van der Waals surface area (Å²) in [5, 5.41) is 0. The van der Waals surface area contributed by atoms with E-state index in [1.165, 1.54) is 18.4 Å². The molecule has 0 nitrogen and oxygen atoms in total. The van der Waals surface area contributed by atoms with Crippen LogP contribution in [-0.4, -0.2) is 0 Å². The lowest BCUT2D eigenvalue weighted by atomic mass is 10.3. The van der Waals surface area contributed by atoms with Crippen molar-refractivity contribution in [2.45, 2.75) is 11.8 Å². The van der Waals surface area contributed by atoms with Gasteiger partial charge in [0.2, 0.25) is 0 Å². The van der Waals surface area contributed by atoms with Gasteiger partial charge < -0.3 is 0 Å². The molecule has 0 fully saturated rings. The molecule has 2 rings (SSSR count). The summed E-state index contributed by atoms with van der Waals surface area (Å²) in [6, 6.07) is 8.60. The van der Waals surface area contributed by atoms with Crippen molar-refractivity contribution >= 4 is 54.5 Å². The Bertz CT molecular complexity index is 391. The molecule has 14 heavy (non-hydrogen) atoms. The summed E-state index contributed by atoms with van der Waals surface area (Å²) in [4.78, 5) is 4.42. The lowest BCUT2D eigenvalue weighted by Gasteiger charge is -2.03. The molecule has 0 amide bonds. The Labute approximate surface area is 108 Å². The smallest absolute Gasteiger partial charge is 0.0831 e. The third-order valence-electron chi connectivity index (χ3n) is 1.85. The Hall–Kier alpha value is 0.360. The van der Waals surface area contributed by atoms with Crippen molar-refractivity contribution in [3.63, 3.8) is 0 Å². The molecule has 0 saturated heterocycles. The van der Waals surface area contributed by atoms with Gasteiger partial charge in [-0.15, -0.1) is 22.7 Å². The summed E-state index contributed by atoms with van der Waals surface area (Å²) in [6.45, 7) is 2.14. The average molecular weight is 352 g/mol. The third-order valence-corrected chi connectivity index (χ3v) is 6.20. The van der Waals surface area contributed by atoms with Gasteiger partial charge in [0.15, 0.2) is 0 Å². The van der Waals surface area contributed by atoms with Crippen LogP contribution in [-0.2, 0) is 0 Å². The minimum Gasteiger partial charge on any atom is -0.144 e. The summed E-state index contributed by atoms with van der Waals surface area (Å²) in [5.74, 6) is 0. The van der Waals surface area contributed by atoms with E-state index in [2.05, 4.69) is 63.0 Å². The van der Waals surface area contributed by atoms with E-state index in [0.29, 0.717) is 4.83 Å². The molecule has 0 N–H and O–H groups in total. The number of hydrogen-bond acceptors (Lipinski definition) is 2. The van der Waals surface area contributed by atoms with Crippen LogP contribution in [0.1, 0.15) is 19.5 Å². The molecule has 2 heterocycles. The quantitative estimate of drug-likeness (QED) is 0.638. The zero-order valence-electron chi connectivity index (χ0n) is 7.46. The summed E-state index contributed by atoms with van der Waals surface area (Å²) in [5.41, 5.74) is 0. The van der Waals surface area contributed by atoms with E-state index >= 15 is 0 Å². The van der Waals surface area contributed by atoms with Crippen LogP contribution in [0.15, 0.2) is 28.1 Å². The zero-order chi connectivity index (χ0) is 10.1. The van der Waals surface area contributed by atoms with Crippen LogP contribution in [0.25, 0.3) is 0 Å². The first-order chi connectivity index (χ1) is 6.66. The van der Waals surface area contributed by atoms with Gasteiger partial charge in [-0.1, -0.05) is 15.9 Å². The van der Waals surface area contributed by atoms with Crippen molar-refractivity contribution in [1.82, 2.24) is 0 Å². The highest BCUT2D eigenvalue weighted by atomic mass is 79.9. The SMILES string of the molecule is Cc1ccc(C(Br)c2ccc(Br)s2)s1. The van der Waals surface area contributed by atoms with Crippen LogP contribution in [0.3, 0.4) is 0 Å². The van der Waals surface area contributed by atoms with Crippen LogP contribution in [0.2, 0.25) is 0 Å². The number of halogens is 2. The van der Waals surface area contributed by atoms with Gasteiger partial charge in [-0.2, -0.15) is 0 Å². The Balaban J connectivity index is 2.28. The highest BCUT2D eigenvalue weighted by Gasteiger charge is 2.13. The van der Waals surface area contributed by atoms with Crippen LogP contribution in [0, 0.1) is 6.92 Å².